The lowest BCUT2D eigenvalue weighted by Crippen LogP contribution is -2.51. The van der Waals surface area contributed by atoms with Crippen molar-refractivity contribution < 1.29 is 43.2 Å². The summed E-state index contributed by atoms with van der Waals surface area (Å²) in [5.74, 6) is -1.08. The Labute approximate surface area is 215 Å². The number of aliphatic carboxylic acids is 1. The SMILES string of the molecule is CCCC(CCC)(CCNC(=O)OC(C)(C)C)NC(=O)COCCOCCOCCOCCC(=O)O. The first-order valence-corrected chi connectivity index (χ1v) is 12.8. The normalized spacial score (nSPS) is 11.8. The van der Waals surface area contributed by atoms with Crippen LogP contribution in [0.4, 0.5) is 4.79 Å². The Hall–Kier alpha value is -1.95. The van der Waals surface area contributed by atoms with Gasteiger partial charge in [-0.15, -0.1) is 0 Å². The summed E-state index contributed by atoms with van der Waals surface area (Å²) in [6, 6.07) is 0. The highest BCUT2D eigenvalue weighted by atomic mass is 16.6. The second kappa shape index (κ2) is 20.1. The summed E-state index contributed by atoms with van der Waals surface area (Å²) in [6.07, 6.45) is 3.52. The number of carboxylic acids is 1. The highest BCUT2D eigenvalue weighted by Gasteiger charge is 2.30. The number of hydrogen-bond acceptors (Lipinski definition) is 8. The number of hydrogen-bond donors (Lipinski definition) is 3. The van der Waals surface area contributed by atoms with Crippen molar-refractivity contribution in [3.8, 4) is 0 Å². The Bertz CT molecular complexity index is 603. The first-order valence-electron chi connectivity index (χ1n) is 12.8. The van der Waals surface area contributed by atoms with Gasteiger partial charge in [0.05, 0.1) is 52.7 Å². The number of carboxylic acid groups (broad SMARTS) is 1. The predicted octanol–water partition coefficient (Wildman–Crippen LogP) is 2.90. The van der Waals surface area contributed by atoms with Gasteiger partial charge in [0, 0.05) is 12.1 Å². The zero-order chi connectivity index (χ0) is 27.3. The lowest BCUT2D eigenvalue weighted by molar-refractivity contribution is -0.138. The van der Waals surface area contributed by atoms with E-state index in [1.807, 2.05) is 20.8 Å². The van der Waals surface area contributed by atoms with Crippen molar-refractivity contribution >= 4 is 18.0 Å². The maximum Gasteiger partial charge on any atom is 0.407 e. The summed E-state index contributed by atoms with van der Waals surface area (Å²) in [6.45, 7) is 12.2. The van der Waals surface area contributed by atoms with Crippen LogP contribution in [0.2, 0.25) is 0 Å². The average Bonchev–Trinajstić information content (AvgIpc) is 2.75. The molecule has 36 heavy (non-hydrogen) atoms. The topological polar surface area (TPSA) is 142 Å². The van der Waals surface area contributed by atoms with Gasteiger partial charge < -0.3 is 39.4 Å². The van der Waals surface area contributed by atoms with Gasteiger partial charge in [-0.2, -0.15) is 0 Å². The van der Waals surface area contributed by atoms with Crippen molar-refractivity contribution in [1.29, 1.82) is 0 Å². The van der Waals surface area contributed by atoms with Crippen LogP contribution in [0, 0.1) is 0 Å². The highest BCUT2D eigenvalue weighted by Crippen LogP contribution is 2.23. The average molecular weight is 521 g/mol. The van der Waals surface area contributed by atoms with Crippen LogP contribution >= 0.6 is 0 Å². The largest absolute Gasteiger partial charge is 0.481 e. The molecule has 0 aliphatic rings. The fraction of sp³-hybridized carbons (Fsp3) is 0.880. The number of rotatable bonds is 22. The summed E-state index contributed by atoms with van der Waals surface area (Å²) in [5.41, 5.74) is -0.972. The third kappa shape index (κ3) is 20.3. The molecule has 0 radical (unpaired) electrons. The molecule has 0 saturated heterocycles. The highest BCUT2D eigenvalue weighted by molar-refractivity contribution is 5.78. The smallest absolute Gasteiger partial charge is 0.407 e. The zero-order valence-electron chi connectivity index (χ0n) is 22.8. The van der Waals surface area contributed by atoms with Crippen LogP contribution in [0.1, 0.15) is 73.1 Å². The third-order valence-corrected chi connectivity index (χ3v) is 4.94. The monoisotopic (exact) mass is 520 g/mol. The molecule has 0 aromatic carbocycles. The van der Waals surface area contributed by atoms with Crippen molar-refractivity contribution in [2.75, 3.05) is 59.4 Å². The molecule has 0 saturated carbocycles. The van der Waals surface area contributed by atoms with Crippen LogP contribution in [0.3, 0.4) is 0 Å². The van der Waals surface area contributed by atoms with Crippen LogP contribution in [-0.4, -0.2) is 93.6 Å². The van der Waals surface area contributed by atoms with Gasteiger partial charge in [0.2, 0.25) is 5.91 Å². The molecule has 0 aliphatic heterocycles. The Morgan fingerprint density at radius 3 is 1.72 bits per heavy atom. The van der Waals surface area contributed by atoms with Crippen molar-refractivity contribution in [2.24, 2.45) is 0 Å². The Kier molecular flexibility index (Phi) is 19.1. The predicted molar refractivity (Wildman–Crippen MR) is 135 cm³/mol. The summed E-state index contributed by atoms with van der Waals surface area (Å²) < 4.78 is 26.6. The van der Waals surface area contributed by atoms with E-state index in [1.165, 1.54) is 0 Å². The van der Waals surface area contributed by atoms with Crippen LogP contribution in [-0.2, 0) is 33.3 Å². The molecular formula is C25H48N2O9. The van der Waals surface area contributed by atoms with E-state index in [-0.39, 0.29) is 32.1 Å². The van der Waals surface area contributed by atoms with Crippen LogP contribution in [0.25, 0.3) is 0 Å². The van der Waals surface area contributed by atoms with E-state index in [9.17, 15) is 14.4 Å². The number of ether oxygens (including phenoxy) is 5. The number of carbonyl (C=O) groups excluding carboxylic acids is 2. The molecule has 0 atom stereocenters. The van der Waals surface area contributed by atoms with Crippen LogP contribution < -0.4 is 10.6 Å². The summed E-state index contributed by atoms with van der Waals surface area (Å²) >= 11 is 0. The van der Waals surface area contributed by atoms with E-state index in [0.29, 0.717) is 46.0 Å². The molecule has 0 aliphatic carbocycles. The van der Waals surface area contributed by atoms with E-state index < -0.39 is 23.2 Å². The number of alkyl carbamates (subject to hydrolysis) is 1. The van der Waals surface area contributed by atoms with Gasteiger partial charge in [-0.25, -0.2) is 4.79 Å². The van der Waals surface area contributed by atoms with Crippen LogP contribution in [0.5, 0.6) is 0 Å². The molecule has 0 aromatic heterocycles. The molecule has 0 aromatic rings. The molecule has 0 heterocycles. The fourth-order valence-electron chi connectivity index (χ4n) is 3.55. The minimum atomic E-state index is -0.891. The van der Waals surface area contributed by atoms with E-state index in [4.69, 9.17) is 28.8 Å². The van der Waals surface area contributed by atoms with Crippen molar-refractivity contribution in [1.82, 2.24) is 10.6 Å². The van der Waals surface area contributed by atoms with Gasteiger partial charge in [-0.3, -0.25) is 9.59 Å². The molecule has 0 rings (SSSR count). The summed E-state index contributed by atoms with van der Waals surface area (Å²) in [5, 5.41) is 14.4. The molecule has 0 spiro atoms. The first-order chi connectivity index (χ1) is 17.0. The second-order valence-electron chi connectivity index (χ2n) is 9.54. The quantitative estimate of drug-likeness (QED) is 0.184. The molecule has 3 N–H and O–H groups in total. The Morgan fingerprint density at radius 2 is 1.25 bits per heavy atom. The molecule has 0 bridgehead atoms. The minimum Gasteiger partial charge on any atom is -0.481 e. The zero-order valence-corrected chi connectivity index (χ0v) is 22.8. The summed E-state index contributed by atoms with van der Waals surface area (Å²) in [7, 11) is 0. The van der Waals surface area contributed by atoms with Gasteiger partial charge in [0.25, 0.3) is 0 Å². The molecule has 0 fully saturated rings. The van der Waals surface area contributed by atoms with Crippen LogP contribution in [0.15, 0.2) is 0 Å². The van der Waals surface area contributed by atoms with Crippen molar-refractivity contribution in [2.45, 2.75) is 84.3 Å². The maximum atomic E-state index is 12.6. The minimum absolute atomic E-state index is 0.0232. The lowest BCUT2D eigenvalue weighted by Gasteiger charge is -2.35. The second-order valence-corrected chi connectivity index (χ2v) is 9.54. The van der Waals surface area contributed by atoms with Gasteiger partial charge in [0.1, 0.15) is 12.2 Å². The molecule has 11 nitrogen and oxygen atoms in total. The maximum absolute atomic E-state index is 12.6. The van der Waals surface area contributed by atoms with Gasteiger partial charge >= 0.3 is 12.1 Å². The number of amides is 2. The van der Waals surface area contributed by atoms with Crippen molar-refractivity contribution in [3.05, 3.63) is 0 Å². The van der Waals surface area contributed by atoms with Gasteiger partial charge in [0.15, 0.2) is 0 Å². The molecule has 11 heteroatoms. The van der Waals surface area contributed by atoms with Gasteiger partial charge in [-0.05, 0) is 40.0 Å². The molecule has 212 valence electrons. The Morgan fingerprint density at radius 1 is 0.750 bits per heavy atom. The lowest BCUT2D eigenvalue weighted by atomic mass is 9.85. The third-order valence-electron chi connectivity index (χ3n) is 4.94. The number of carbonyl (C=O) groups is 3. The summed E-state index contributed by atoms with van der Waals surface area (Å²) in [4.78, 5) is 34.9. The molecule has 2 amide bonds. The van der Waals surface area contributed by atoms with E-state index in [2.05, 4.69) is 24.5 Å². The number of nitrogens with one attached hydrogen (secondary N) is 2. The standard InChI is InChI=1S/C25H48N2O9/c1-6-9-25(10-7-2,11-12-26-23(31)36-24(3,4)5)27-21(28)20-35-19-18-34-17-16-33-15-14-32-13-8-22(29)30/h6-20H2,1-5H3,(H,26,31)(H,27,28)(H,29,30). The van der Waals surface area contributed by atoms with Crippen molar-refractivity contribution in [3.63, 3.8) is 0 Å². The van der Waals surface area contributed by atoms with E-state index in [1.54, 1.807) is 0 Å². The van der Waals surface area contributed by atoms with E-state index in [0.717, 1.165) is 25.7 Å². The van der Waals surface area contributed by atoms with E-state index >= 15 is 0 Å². The Balaban J connectivity index is 4.13. The first kappa shape index (κ1) is 34.0. The molecular weight excluding hydrogens is 472 g/mol. The molecule has 0 unspecified atom stereocenters. The fourth-order valence-corrected chi connectivity index (χ4v) is 3.55. The van der Waals surface area contributed by atoms with Gasteiger partial charge in [-0.1, -0.05) is 26.7 Å².